The van der Waals surface area contributed by atoms with Gasteiger partial charge < -0.3 is 15.2 Å². The molecule has 0 aromatic heterocycles. The molecule has 6 nitrogen and oxygen atoms in total. The fourth-order valence-corrected chi connectivity index (χ4v) is 4.84. The van der Waals surface area contributed by atoms with E-state index in [1.807, 2.05) is 12.1 Å². The van der Waals surface area contributed by atoms with Crippen molar-refractivity contribution in [2.75, 3.05) is 63.8 Å². The maximum atomic E-state index is 12.7. The van der Waals surface area contributed by atoms with E-state index >= 15 is 0 Å². The van der Waals surface area contributed by atoms with Crippen LogP contribution in [0.5, 0.6) is 0 Å². The number of hydrogen-bond donors (Lipinski definition) is 1. The highest BCUT2D eigenvalue weighted by Gasteiger charge is 2.29. The molecule has 4 rings (SSSR count). The summed E-state index contributed by atoms with van der Waals surface area (Å²) in [6, 6.07) is 8.93. The molecular formula is C22H33N5O. The third-order valence-electron chi connectivity index (χ3n) is 6.66. The lowest BCUT2D eigenvalue weighted by molar-refractivity contribution is -0.134. The average Bonchev–Trinajstić information content (AvgIpc) is 3.29. The van der Waals surface area contributed by atoms with Gasteiger partial charge in [-0.1, -0.05) is 25.0 Å². The first-order valence-corrected chi connectivity index (χ1v) is 10.8. The topological polar surface area (TPSA) is 53.9 Å². The normalized spacial score (nSPS) is 22.6. The summed E-state index contributed by atoms with van der Waals surface area (Å²) in [5.74, 6) is 0.301. The first-order valence-electron chi connectivity index (χ1n) is 10.8. The van der Waals surface area contributed by atoms with Gasteiger partial charge >= 0.3 is 0 Å². The van der Waals surface area contributed by atoms with E-state index in [1.165, 1.54) is 37.6 Å². The summed E-state index contributed by atoms with van der Waals surface area (Å²) in [5, 5.41) is 7.31. The molecule has 1 aromatic rings. The molecule has 0 spiro atoms. The van der Waals surface area contributed by atoms with Crippen molar-refractivity contribution in [2.45, 2.75) is 31.7 Å². The number of piperazine rings is 2. The molecule has 6 heteroatoms. The van der Waals surface area contributed by atoms with Crippen molar-refractivity contribution >= 4 is 17.8 Å². The summed E-state index contributed by atoms with van der Waals surface area (Å²) in [6.07, 6.45) is 6.83. The Bertz CT molecular complexity index is 654. The Balaban J connectivity index is 1.20. The van der Waals surface area contributed by atoms with Crippen LogP contribution in [0.1, 0.15) is 31.2 Å². The zero-order valence-corrected chi connectivity index (χ0v) is 16.9. The summed E-state index contributed by atoms with van der Waals surface area (Å²) in [5.41, 5.74) is 2.14. The van der Waals surface area contributed by atoms with E-state index in [4.69, 9.17) is 5.41 Å². The largest absolute Gasteiger partial charge is 0.369 e. The third-order valence-corrected chi connectivity index (χ3v) is 6.66. The van der Waals surface area contributed by atoms with Gasteiger partial charge in [-0.25, -0.2) is 0 Å². The van der Waals surface area contributed by atoms with Crippen LogP contribution in [0.15, 0.2) is 24.3 Å². The lowest BCUT2D eigenvalue weighted by Gasteiger charge is -2.40. The minimum atomic E-state index is 0.301. The fourth-order valence-electron chi connectivity index (χ4n) is 4.84. The van der Waals surface area contributed by atoms with Gasteiger partial charge in [0.15, 0.2) is 0 Å². The predicted molar refractivity (Wildman–Crippen MR) is 113 cm³/mol. The SMILES string of the molecule is N=Cc1ccc(N2CCN(CC(=O)N3CCN(C4CCCC4)CC3)CC2)cc1. The number of nitrogens with one attached hydrogen (secondary N) is 1. The van der Waals surface area contributed by atoms with Gasteiger partial charge in [-0.2, -0.15) is 0 Å². The van der Waals surface area contributed by atoms with Crippen molar-refractivity contribution < 1.29 is 4.79 Å². The van der Waals surface area contributed by atoms with Crippen LogP contribution in [-0.4, -0.2) is 91.8 Å². The van der Waals surface area contributed by atoms with Crippen LogP contribution >= 0.6 is 0 Å². The van der Waals surface area contributed by atoms with Crippen molar-refractivity contribution in [3.8, 4) is 0 Å². The van der Waals surface area contributed by atoms with Crippen LogP contribution in [0.25, 0.3) is 0 Å². The van der Waals surface area contributed by atoms with Crippen molar-refractivity contribution in [2.24, 2.45) is 0 Å². The van der Waals surface area contributed by atoms with E-state index < -0.39 is 0 Å². The Kier molecular flexibility index (Phi) is 6.27. The summed E-state index contributed by atoms with van der Waals surface area (Å²) >= 11 is 0. The number of benzene rings is 1. The van der Waals surface area contributed by atoms with E-state index in [0.29, 0.717) is 12.5 Å². The van der Waals surface area contributed by atoms with Crippen LogP contribution in [0.3, 0.4) is 0 Å². The van der Waals surface area contributed by atoms with Crippen molar-refractivity contribution in [1.29, 1.82) is 5.41 Å². The quantitative estimate of drug-likeness (QED) is 0.789. The minimum absolute atomic E-state index is 0.301. The highest BCUT2D eigenvalue weighted by atomic mass is 16.2. The first kappa shape index (κ1) is 19.4. The Morgan fingerprint density at radius 3 is 2.18 bits per heavy atom. The monoisotopic (exact) mass is 383 g/mol. The molecule has 1 aliphatic carbocycles. The molecule has 2 saturated heterocycles. The summed E-state index contributed by atoms with van der Waals surface area (Å²) in [4.78, 5) is 22.1. The molecule has 3 fully saturated rings. The first-order chi connectivity index (χ1) is 13.7. The molecule has 2 heterocycles. The second-order valence-corrected chi connectivity index (χ2v) is 8.35. The molecule has 2 aliphatic heterocycles. The van der Waals surface area contributed by atoms with Crippen LogP contribution in [0.2, 0.25) is 0 Å². The molecule has 1 aromatic carbocycles. The lowest BCUT2D eigenvalue weighted by atomic mass is 10.1. The maximum absolute atomic E-state index is 12.7. The van der Waals surface area contributed by atoms with Crippen LogP contribution < -0.4 is 4.90 Å². The number of nitrogens with zero attached hydrogens (tertiary/aromatic N) is 4. The Labute approximate surface area is 168 Å². The van der Waals surface area contributed by atoms with Gasteiger partial charge in [0.2, 0.25) is 5.91 Å². The Hall–Kier alpha value is -1.92. The summed E-state index contributed by atoms with van der Waals surface area (Å²) < 4.78 is 0. The molecule has 1 amide bonds. The summed E-state index contributed by atoms with van der Waals surface area (Å²) in [6.45, 7) is 8.22. The highest BCUT2D eigenvalue weighted by Crippen LogP contribution is 2.24. The van der Waals surface area contributed by atoms with Gasteiger partial charge in [-0.3, -0.25) is 14.6 Å². The van der Waals surface area contributed by atoms with E-state index in [2.05, 4.69) is 31.7 Å². The molecule has 1 saturated carbocycles. The number of amides is 1. The van der Waals surface area contributed by atoms with Gasteiger partial charge in [0.25, 0.3) is 0 Å². The lowest BCUT2D eigenvalue weighted by Crippen LogP contribution is -2.55. The highest BCUT2D eigenvalue weighted by molar-refractivity contribution is 5.78. The number of carbonyl (C=O) groups is 1. The van der Waals surface area contributed by atoms with Gasteiger partial charge in [0, 0.05) is 70.3 Å². The number of carbonyl (C=O) groups excluding carboxylic acids is 1. The van der Waals surface area contributed by atoms with Crippen molar-refractivity contribution in [3.63, 3.8) is 0 Å². The van der Waals surface area contributed by atoms with Gasteiger partial charge in [0.1, 0.15) is 0 Å². The van der Waals surface area contributed by atoms with E-state index in [-0.39, 0.29) is 0 Å². The number of anilines is 1. The zero-order valence-electron chi connectivity index (χ0n) is 16.9. The molecule has 28 heavy (non-hydrogen) atoms. The molecule has 0 radical (unpaired) electrons. The van der Waals surface area contributed by atoms with Crippen LogP contribution in [-0.2, 0) is 4.79 Å². The van der Waals surface area contributed by atoms with E-state index in [1.54, 1.807) is 0 Å². The van der Waals surface area contributed by atoms with Crippen LogP contribution in [0.4, 0.5) is 5.69 Å². The molecule has 0 unspecified atom stereocenters. The van der Waals surface area contributed by atoms with Gasteiger partial charge in [-0.05, 0) is 30.5 Å². The number of hydrogen-bond acceptors (Lipinski definition) is 5. The van der Waals surface area contributed by atoms with Crippen molar-refractivity contribution in [1.82, 2.24) is 14.7 Å². The third kappa shape index (κ3) is 4.55. The molecule has 0 atom stereocenters. The predicted octanol–water partition coefficient (Wildman–Crippen LogP) is 1.89. The second-order valence-electron chi connectivity index (χ2n) is 8.35. The zero-order chi connectivity index (χ0) is 19.3. The molecule has 3 aliphatic rings. The average molecular weight is 384 g/mol. The molecule has 0 bridgehead atoms. The standard InChI is InChI=1S/C22H33N5O/c23-17-19-5-7-21(8-6-19)25-11-9-24(10-12-25)18-22(28)27-15-13-26(14-16-27)20-3-1-2-4-20/h5-8,17,20,23H,1-4,9-16,18H2. The van der Waals surface area contributed by atoms with Gasteiger partial charge in [0.05, 0.1) is 6.54 Å². The minimum Gasteiger partial charge on any atom is -0.369 e. The van der Waals surface area contributed by atoms with Crippen molar-refractivity contribution in [3.05, 3.63) is 29.8 Å². The molecule has 1 N–H and O–H groups in total. The maximum Gasteiger partial charge on any atom is 0.236 e. The van der Waals surface area contributed by atoms with E-state index in [9.17, 15) is 4.79 Å². The van der Waals surface area contributed by atoms with Gasteiger partial charge in [-0.15, -0.1) is 0 Å². The summed E-state index contributed by atoms with van der Waals surface area (Å²) in [7, 11) is 0. The van der Waals surface area contributed by atoms with Crippen LogP contribution in [0, 0.1) is 5.41 Å². The molecular weight excluding hydrogens is 350 g/mol. The smallest absolute Gasteiger partial charge is 0.236 e. The second kappa shape index (κ2) is 9.05. The Morgan fingerprint density at radius 2 is 1.57 bits per heavy atom. The number of rotatable bonds is 5. The van der Waals surface area contributed by atoms with E-state index in [0.717, 1.165) is 64.0 Å². The molecule has 152 valence electrons. The fraction of sp³-hybridized carbons (Fsp3) is 0.636. The Morgan fingerprint density at radius 1 is 0.929 bits per heavy atom.